The van der Waals surface area contributed by atoms with Crippen molar-refractivity contribution in [2.45, 2.75) is 26.6 Å². The van der Waals surface area contributed by atoms with Gasteiger partial charge in [0.1, 0.15) is 0 Å². The number of rotatable bonds is 3. The van der Waals surface area contributed by atoms with Gasteiger partial charge in [0.2, 0.25) is 0 Å². The summed E-state index contributed by atoms with van der Waals surface area (Å²) in [4.78, 5) is 21.4. The lowest BCUT2D eigenvalue weighted by molar-refractivity contribution is -0.135. The third kappa shape index (κ3) is 3.02. The van der Waals surface area contributed by atoms with Crippen LogP contribution in [0.2, 0.25) is 19.6 Å². The maximum absolute atomic E-state index is 10.8. The van der Waals surface area contributed by atoms with Gasteiger partial charge in [-0.05, 0) is 6.92 Å². The van der Waals surface area contributed by atoms with Gasteiger partial charge in [0.05, 0.1) is 8.07 Å². The summed E-state index contributed by atoms with van der Waals surface area (Å²) >= 11 is 0. The fourth-order valence-electron chi connectivity index (χ4n) is 1.15. The van der Waals surface area contributed by atoms with E-state index in [-0.39, 0.29) is 10.8 Å². The molecule has 0 saturated heterocycles. The molecule has 0 aliphatic rings. The van der Waals surface area contributed by atoms with Crippen molar-refractivity contribution >= 4 is 20.0 Å². The molecule has 0 aromatic carbocycles. The highest BCUT2D eigenvalue weighted by atomic mass is 28.3. The quantitative estimate of drug-likeness (QED) is 0.535. The van der Waals surface area contributed by atoms with E-state index in [1.54, 1.807) is 0 Å². The van der Waals surface area contributed by atoms with E-state index < -0.39 is 20.0 Å². The normalized spacial score (nSPS) is 13.5. The van der Waals surface area contributed by atoms with Crippen LogP contribution in [0, 0.1) is 0 Å². The summed E-state index contributed by atoms with van der Waals surface area (Å²) in [6, 6.07) is 0. The van der Waals surface area contributed by atoms with E-state index >= 15 is 0 Å². The summed E-state index contributed by atoms with van der Waals surface area (Å²) in [5.41, 5.74) is -0.0494. The van der Waals surface area contributed by atoms with E-state index in [4.69, 9.17) is 10.2 Å². The molecule has 0 atom stereocenters. The Kier molecular flexibility index (Phi) is 3.42. The van der Waals surface area contributed by atoms with Crippen molar-refractivity contribution in [3.05, 3.63) is 10.8 Å². The van der Waals surface area contributed by atoms with Crippen LogP contribution >= 0.6 is 0 Å². The van der Waals surface area contributed by atoms with Gasteiger partial charge in [-0.3, -0.25) is 0 Å². The minimum absolute atomic E-state index is 0.0494. The van der Waals surface area contributed by atoms with Crippen molar-refractivity contribution in [3.8, 4) is 0 Å². The van der Waals surface area contributed by atoms with Crippen LogP contribution in [0.3, 0.4) is 0 Å². The SMILES string of the molecule is CC(C(=O)O)=C(C(=O)O)[Si](C)(C)C. The Morgan fingerprint density at radius 2 is 1.38 bits per heavy atom. The highest BCUT2D eigenvalue weighted by molar-refractivity contribution is 6.87. The third-order valence-electron chi connectivity index (χ3n) is 1.66. The second kappa shape index (κ2) is 3.74. The molecule has 13 heavy (non-hydrogen) atoms. The summed E-state index contributed by atoms with van der Waals surface area (Å²) in [6.45, 7) is 6.76. The maximum Gasteiger partial charge on any atom is 0.331 e. The largest absolute Gasteiger partial charge is 0.478 e. The summed E-state index contributed by atoms with van der Waals surface area (Å²) < 4.78 is 0. The predicted molar refractivity (Wildman–Crippen MR) is 51.3 cm³/mol. The first kappa shape index (κ1) is 11.9. The molecule has 5 heteroatoms. The van der Waals surface area contributed by atoms with E-state index in [1.165, 1.54) is 6.92 Å². The molecule has 0 aromatic heterocycles. The molecule has 0 amide bonds. The molecule has 0 saturated carbocycles. The number of carbonyl (C=O) groups is 2. The summed E-state index contributed by atoms with van der Waals surface area (Å²) in [7, 11) is -2.08. The van der Waals surface area contributed by atoms with Crippen LogP contribution in [0.1, 0.15) is 6.92 Å². The zero-order valence-electron chi connectivity index (χ0n) is 8.21. The molecule has 0 radical (unpaired) electrons. The number of aliphatic carboxylic acids is 2. The number of hydrogen-bond acceptors (Lipinski definition) is 2. The number of hydrogen-bond donors (Lipinski definition) is 2. The molecule has 0 unspecified atom stereocenters. The average molecular weight is 202 g/mol. The van der Waals surface area contributed by atoms with Crippen LogP contribution < -0.4 is 0 Å². The summed E-state index contributed by atoms with van der Waals surface area (Å²) in [5, 5.41) is 17.6. The molecule has 4 nitrogen and oxygen atoms in total. The minimum Gasteiger partial charge on any atom is -0.478 e. The smallest absolute Gasteiger partial charge is 0.331 e. The van der Waals surface area contributed by atoms with Crippen molar-refractivity contribution < 1.29 is 19.8 Å². The Morgan fingerprint density at radius 3 is 1.46 bits per heavy atom. The average Bonchev–Trinajstić information content (AvgIpc) is 1.82. The molecule has 0 aliphatic heterocycles. The first-order valence-corrected chi connectivity index (χ1v) is 7.36. The standard InChI is InChI=1S/C8H14O4Si/c1-5(7(9)10)6(8(11)12)13(2,3)4/h1-4H3,(H,9,10)(H,11,12). The van der Waals surface area contributed by atoms with Crippen LogP contribution in [0.15, 0.2) is 10.8 Å². The monoisotopic (exact) mass is 202 g/mol. The van der Waals surface area contributed by atoms with Crippen molar-refractivity contribution in [1.82, 2.24) is 0 Å². The van der Waals surface area contributed by atoms with Gasteiger partial charge in [-0.15, -0.1) is 0 Å². The van der Waals surface area contributed by atoms with E-state index in [0.717, 1.165) is 0 Å². The second-order valence-electron chi connectivity index (χ2n) is 3.86. The molecule has 2 N–H and O–H groups in total. The molecule has 0 spiro atoms. The van der Waals surface area contributed by atoms with Gasteiger partial charge in [-0.1, -0.05) is 19.6 Å². The van der Waals surface area contributed by atoms with E-state index in [0.29, 0.717) is 0 Å². The van der Waals surface area contributed by atoms with Crippen molar-refractivity contribution in [2.75, 3.05) is 0 Å². The maximum atomic E-state index is 10.8. The highest BCUT2D eigenvalue weighted by Crippen LogP contribution is 2.18. The van der Waals surface area contributed by atoms with Gasteiger partial charge in [-0.2, -0.15) is 0 Å². The van der Waals surface area contributed by atoms with Crippen LogP contribution in [0.25, 0.3) is 0 Å². The van der Waals surface area contributed by atoms with Crippen LogP contribution in [0.4, 0.5) is 0 Å². The van der Waals surface area contributed by atoms with Gasteiger partial charge in [0, 0.05) is 10.8 Å². The summed E-state index contributed by atoms with van der Waals surface area (Å²) in [5.74, 6) is -2.26. The molecule has 0 rings (SSSR count). The molecule has 0 heterocycles. The number of carboxylic acid groups (broad SMARTS) is 2. The number of carboxylic acids is 2. The molecular weight excluding hydrogens is 188 g/mol. The second-order valence-corrected chi connectivity index (χ2v) is 8.86. The first-order chi connectivity index (χ1) is 5.68. The summed E-state index contributed by atoms with van der Waals surface area (Å²) in [6.07, 6.45) is 0. The van der Waals surface area contributed by atoms with Gasteiger partial charge in [0.25, 0.3) is 0 Å². The first-order valence-electron chi connectivity index (χ1n) is 3.86. The van der Waals surface area contributed by atoms with Gasteiger partial charge in [0.15, 0.2) is 0 Å². The van der Waals surface area contributed by atoms with E-state index in [1.807, 2.05) is 19.6 Å². The highest BCUT2D eigenvalue weighted by Gasteiger charge is 2.29. The Hall–Kier alpha value is -1.10. The Bertz CT molecular complexity index is 272. The molecule has 74 valence electrons. The zero-order valence-corrected chi connectivity index (χ0v) is 9.21. The van der Waals surface area contributed by atoms with E-state index in [2.05, 4.69) is 0 Å². The minimum atomic E-state index is -2.08. The van der Waals surface area contributed by atoms with Crippen molar-refractivity contribution in [1.29, 1.82) is 0 Å². The van der Waals surface area contributed by atoms with Crippen LogP contribution in [-0.2, 0) is 9.59 Å². The Morgan fingerprint density at radius 1 is 1.00 bits per heavy atom. The fraction of sp³-hybridized carbons (Fsp3) is 0.500. The molecule has 0 bridgehead atoms. The molecule has 0 aliphatic carbocycles. The third-order valence-corrected chi connectivity index (χ3v) is 3.75. The lowest BCUT2D eigenvalue weighted by atomic mass is 10.3. The Balaban J connectivity index is 5.40. The van der Waals surface area contributed by atoms with Crippen LogP contribution in [-0.4, -0.2) is 30.2 Å². The van der Waals surface area contributed by atoms with Crippen molar-refractivity contribution in [3.63, 3.8) is 0 Å². The van der Waals surface area contributed by atoms with Gasteiger partial charge < -0.3 is 10.2 Å². The Labute approximate surface area is 77.9 Å². The van der Waals surface area contributed by atoms with Crippen molar-refractivity contribution in [2.24, 2.45) is 0 Å². The van der Waals surface area contributed by atoms with Gasteiger partial charge in [-0.25, -0.2) is 9.59 Å². The van der Waals surface area contributed by atoms with Gasteiger partial charge >= 0.3 is 11.9 Å². The molecular formula is C8H14O4Si. The van der Waals surface area contributed by atoms with E-state index in [9.17, 15) is 9.59 Å². The lowest BCUT2D eigenvalue weighted by Gasteiger charge is -2.18. The molecule has 0 aromatic rings. The lowest BCUT2D eigenvalue weighted by Crippen LogP contribution is -2.32. The topological polar surface area (TPSA) is 74.6 Å². The van der Waals surface area contributed by atoms with Crippen LogP contribution in [0.5, 0.6) is 0 Å². The fourth-order valence-corrected chi connectivity index (χ4v) is 3.02. The molecule has 0 fully saturated rings. The predicted octanol–water partition coefficient (Wildman–Crippen LogP) is 1.35. The zero-order chi connectivity index (χ0) is 10.8.